The van der Waals surface area contributed by atoms with Gasteiger partial charge in [0, 0.05) is 13.3 Å². The molecule has 0 bridgehead atoms. The van der Waals surface area contributed by atoms with Crippen LogP contribution in [0.1, 0.15) is 72.5 Å². The molecule has 0 amide bonds. The highest BCUT2D eigenvalue weighted by Gasteiger charge is 2.60. The summed E-state index contributed by atoms with van der Waals surface area (Å²) in [5.74, 6) is -0.0637. The molecule has 2 heteroatoms. The van der Waals surface area contributed by atoms with Crippen molar-refractivity contribution < 1.29 is 16.8 Å². The standard InChI is InChI=1S/C20H30O2/c1-12-10-17-15-5-4-13-11-14(21)6-8-19(13,2)16(15)7-9-20(17,3)18(12)22/h11-12,15-18,22H,4-10H2,1-3H3/t12?,15-,16+,17+,18+,19+,20+/m1/s1/i2D3,6D,8D/t6?,8?,12?,15-,16+,17+,18+,19+,20+. The van der Waals surface area contributed by atoms with E-state index < -0.39 is 30.8 Å². The zero-order valence-electron chi connectivity index (χ0n) is 18.5. The van der Waals surface area contributed by atoms with Crippen molar-refractivity contribution in [3.05, 3.63) is 11.6 Å². The quantitative estimate of drug-likeness (QED) is 0.731. The van der Waals surface area contributed by atoms with Gasteiger partial charge in [-0.15, -0.1) is 0 Å². The van der Waals surface area contributed by atoms with Crippen molar-refractivity contribution in [3.8, 4) is 0 Å². The summed E-state index contributed by atoms with van der Waals surface area (Å²) in [6.45, 7) is 1.81. The first kappa shape index (κ1) is 10.3. The van der Waals surface area contributed by atoms with Gasteiger partial charge in [0.25, 0.3) is 0 Å². The third kappa shape index (κ3) is 1.79. The molecule has 4 rings (SSSR count). The third-order valence-corrected chi connectivity index (χ3v) is 7.41. The number of allylic oxidation sites excluding steroid dienone is 1. The number of hydrogen-bond donors (Lipinski definition) is 1. The van der Waals surface area contributed by atoms with Crippen LogP contribution in [0.5, 0.6) is 0 Å². The SMILES string of the molecule is [2H]C1C(=O)C=C2CC[C@H]3[C@@H]4CC(C)[C@H](O)[C@@]4(C)CC[C@@H]3[C@@]2(C([2H])([2H])[2H])C1[2H]. The van der Waals surface area contributed by atoms with Gasteiger partial charge in [-0.2, -0.15) is 0 Å². The predicted octanol–water partition coefficient (Wildman–Crippen LogP) is 4.13. The van der Waals surface area contributed by atoms with Crippen LogP contribution >= 0.6 is 0 Å². The highest BCUT2D eigenvalue weighted by molar-refractivity contribution is 5.91. The van der Waals surface area contributed by atoms with Gasteiger partial charge < -0.3 is 5.11 Å². The molecule has 4 aliphatic carbocycles. The van der Waals surface area contributed by atoms with Crippen LogP contribution in [-0.2, 0) is 4.79 Å². The summed E-state index contributed by atoms with van der Waals surface area (Å²) >= 11 is 0. The maximum absolute atomic E-state index is 12.2. The normalized spacial score (nSPS) is 64.9. The minimum Gasteiger partial charge on any atom is -0.392 e. The number of fused-ring (bicyclic) bond motifs is 5. The molecule has 2 nitrogen and oxygen atoms in total. The summed E-state index contributed by atoms with van der Waals surface area (Å²) < 4.78 is 42.1. The fourth-order valence-electron chi connectivity index (χ4n) is 6.22. The summed E-state index contributed by atoms with van der Waals surface area (Å²) in [5.41, 5.74) is -0.999. The van der Waals surface area contributed by atoms with Crippen LogP contribution in [0.2, 0.25) is 0 Å². The van der Waals surface area contributed by atoms with E-state index in [1.54, 1.807) is 0 Å². The molecule has 0 radical (unpaired) electrons. The topological polar surface area (TPSA) is 37.3 Å². The molecule has 22 heavy (non-hydrogen) atoms. The maximum Gasteiger partial charge on any atom is 0.155 e. The first-order chi connectivity index (χ1) is 12.5. The average Bonchev–Trinajstić information content (AvgIpc) is 2.82. The van der Waals surface area contributed by atoms with Crippen molar-refractivity contribution in [2.45, 2.75) is 71.7 Å². The summed E-state index contributed by atoms with van der Waals surface area (Å²) in [4.78, 5) is 12.2. The molecule has 0 spiro atoms. The van der Waals surface area contributed by atoms with E-state index in [0.717, 1.165) is 19.3 Å². The minimum absolute atomic E-state index is 0.133. The van der Waals surface area contributed by atoms with Gasteiger partial charge in [0.2, 0.25) is 0 Å². The second-order valence-corrected chi connectivity index (χ2v) is 8.39. The number of carbonyl (C=O) groups is 1. The number of aliphatic hydroxyl groups is 1. The highest BCUT2D eigenvalue weighted by atomic mass is 16.3. The number of rotatable bonds is 0. The van der Waals surface area contributed by atoms with E-state index in [0.29, 0.717) is 18.4 Å². The number of aliphatic hydroxyl groups excluding tert-OH is 1. The molecule has 4 aliphatic rings. The van der Waals surface area contributed by atoms with Gasteiger partial charge in [0.1, 0.15) is 0 Å². The van der Waals surface area contributed by atoms with Crippen molar-refractivity contribution in [3.63, 3.8) is 0 Å². The molecular weight excluding hydrogens is 272 g/mol. The van der Waals surface area contributed by atoms with E-state index in [2.05, 4.69) is 13.8 Å². The first-order valence-corrected chi connectivity index (χ1v) is 8.73. The molecule has 0 aromatic rings. The summed E-state index contributed by atoms with van der Waals surface area (Å²) in [6, 6.07) is 0. The lowest BCUT2D eigenvalue weighted by Crippen LogP contribution is -2.51. The van der Waals surface area contributed by atoms with E-state index in [-0.39, 0.29) is 35.2 Å². The molecule has 3 unspecified atom stereocenters. The highest BCUT2D eigenvalue weighted by Crippen LogP contribution is 2.65. The van der Waals surface area contributed by atoms with Crippen molar-refractivity contribution in [2.75, 3.05) is 0 Å². The smallest absolute Gasteiger partial charge is 0.155 e. The Bertz CT molecular complexity index is 688. The summed E-state index contributed by atoms with van der Waals surface area (Å²) in [6.07, 6.45) is 2.07. The fraction of sp³-hybridized carbons (Fsp3) is 0.850. The Labute approximate surface area is 141 Å². The Kier molecular flexibility index (Phi) is 2.19. The van der Waals surface area contributed by atoms with Crippen LogP contribution in [0.4, 0.5) is 0 Å². The second kappa shape index (κ2) is 4.69. The van der Waals surface area contributed by atoms with Gasteiger partial charge >= 0.3 is 0 Å². The molecule has 1 N–H and O–H groups in total. The fourth-order valence-corrected chi connectivity index (χ4v) is 6.22. The Hall–Kier alpha value is -0.630. The van der Waals surface area contributed by atoms with Gasteiger partial charge in [-0.05, 0) is 79.1 Å². The van der Waals surface area contributed by atoms with Crippen LogP contribution in [0.3, 0.4) is 0 Å². The number of carbonyl (C=O) groups excluding carboxylic acids is 1. The average molecular weight is 307 g/mol. The Balaban J connectivity index is 1.84. The van der Waals surface area contributed by atoms with Crippen molar-refractivity contribution in [2.24, 2.45) is 34.5 Å². The number of ketones is 1. The van der Waals surface area contributed by atoms with E-state index in [9.17, 15) is 9.90 Å². The minimum atomic E-state index is -2.41. The lowest BCUT2D eigenvalue weighted by atomic mass is 9.47. The molecule has 9 atom stereocenters. The van der Waals surface area contributed by atoms with Gasteiger partial charge in [-0.25, -0.2) is 0 Å². The van der Waals surface area contributed by atoms with Crippen LogP contribution in [-0.4, -0.2) is 17.0 Å². The van der Waals surface area contributed by atoms with Crippen LogP contribution in [0, 0.1) is 34.5 Å². The second-order valence-electron chi connectivity index (χ2n) is 8.39. The largest absolute Gasteiger partial charge is 0.392 e. The molecule has 0 heterocycles. The van der Waals surface area contributed by atoms with Crippen LogP contribution in [0.25, 0.3) is 0 Å². The van der Waals surface area contributed by atoms with Crippen LogP contribution in [0.15, 0.2) is 11.6 Å². The predicted molar refractivity (Wildman–Crippen MR) is 87.3 cm³/mol. The van der Waals surface area contributed by atoms with Gasteiger partial charge in [-0.1, -0.05) is 26.3 Å². The molecular formula is C20H30O2. The Morgan fingerprint density at radius 2 is 2.23 bits per heavy atom. The van der Waals surface area contributed by atoms with Crippen molar-refractivity contribution >= 4 is 5.78 Å². The monoisotopic (exact) mass is 307 g/mol. The van der Waals surface area contributed by atoms with Crippen molar-refractivity contribution in [1.29, 1.82) is 0 Å². The van der Waals surface area contributed by atoms with Crippen molar-refractivity contribution in [1.82, 2.24) is 0 Å². The zero-order chi connectivity index (χ0) is 19.9. The van der Waals surface area contributed by atoms with E-state index in [4.69, 9.17) is 6.85 Å². The molecule has 0 aliphatic heterocycles. The van der Waals surface area contributed by atoms with E-state index >= 15 is 0 Å². The van der Waals surface area contributed by atoms with E-state index in [1.165, 1.54) is 6.08 Å². The van der Waals surface area contributed by atoms with Gasteiger partial charge in [-0.3, -0.25) is 4.79 Å². The molecule has 0 aromatic carbocycles. The lowest BCUT2D eigenvalue weighted by Gasteiger charge is -2.57. The Morgan fingerprint density at radius 1 is 1.41 bits per heavy atom. The summed E-state index contributed by atoms with van der Waals surface area (Å²) in [7, 11) is 0. The third-order valence-electron chi connectivity index (χ3n) is 7.41. The molecule has 0 saturated heterocycles. The first-order valence-electron chi connectivity index (χ1n) is 11.4. The van der Waals surface area contributed by atoms with Gasteiger partial charge in [0.15, 0.2) is 5.78 Å². The Morgan fingerprint density at radius 3 is 3.00 bits per heavy atom. The number of hydrogen-bond acceptors (Lipinski definition) is 2. The maximum atomic E-state index is 12.2. The molecule has 122 valence electrons. The molecule has 0 aromatic heterocycles. The zero-order valence-corrected chi connectivity index (χ0v) is 13.5. The summed E-state index contributed by atoms with van der Waals surface area (Å²) in [5, 5.41) is 10.8. The van der Waals surface area contributed by atoms with Crippen LogP contribution < -0.4 is 0 Å². The molecule has 3 fully saturated rings. The van der Waals surface area contributed by atoms with E-state index in [1.807, 2.05) is 0 Å². The molecule has 3 saturated carbocycles. The van der Waals surface area contributed by atoms with Gasteiger partial charge in [0.05, 0.1) is 6.10 Å². The lowest BCUT2D eigenvalue weighted by molar-refractivity contribution is -0.118.